The van der Waals surface area contributed by atoms with Crippen LogP contribution in [0.2, 0.25) is 0 Å². The van der Waals surface area contributed by atoms with Crippen LogP contribution in [-0.2, 0) is 6.42 Å². The smallest absolute Gasteiger partial charge is 0.185 e. The molecule has 1 aromatic carbocycles. The topological polar surface area (TPSA) is 17.1 Å². The maximum Gasteiger partial charge on any atom is 0.185 e. The number of carbonyl (C=O) groups is 1. The highest BCUT2D eigenvalue weighted by atomic mass is 16.1. The lowest BCUT2D eigenvalue weighted by molar-refractivity contribution is 0.104. The standard InChI is InChI=1S/C12H14O/c1-3-5-12(13)11-8-6-10(4-2)7-9-11/h3,5-9H,4H2,1-2H3/b5-3+. The fraction of sp³-hybridized carbons (Fsp3) is 0.250. The molecule has 0 aromatic heterocycles. The van der Waals surface area contributed by atoms with E-state index in [0.717, 1.165) is 12.0 Å². The summed E-state index contributed by atoms with van der Waals surface area (Å²) in [5.41, 5.74) is 2.02. The fourth-order valence-corrected chi connectivity index (χ4v) is 1.15. The second-order valence-electron chi connectivity index (χ2n) is 2.91. The van der Waals surface area contributed by atoms with E-state index in [1.54, 1.807) is 12.2 Å². The fourth-order valence-electron chi connectivity index (χ4n) is 1.15. The summed E-state index contributed by atoms with van der Waals surface area (Å²) in [5.74, 6) is 0.0742. The Morgan fingerprint density at radius 3 is 2.38 bits per heavy atom. The molecule has 1 rings (SSSR count). The molecule has 1 nitrogen and oxygen atoms in total. The van der Waals surface area contributed by atoms with E-state index in [1.165, 1.54) is 5.56 Å². The summed E-state index contributed by atoms with van der Waals surface area (Å²) in [7, 11) is 0. The number of aryl methyl sites for hydroxylation is 1. The molecular weight excluding hydrogens is 160 g/mol. The summed E-state index contributed by atoms with van der Waals surface area (Å²) in [6.07, 6.45) is 4.36. The number of hydrogen-bond acceptors (Lipinski definition) is 1. The largest absolute Gasteiger partial charge is 0.289 e. The van der Waals surface area contributed by atoms with Gasteiger partial charge in [0.15, 0.2) is 5.78 Å². The van der Waals surface area contributed by atoms with E-state index in [2.05, 4.69) is 6.92 Å². The van der Waals surface area contributed by atoms with Crippen molar-refractivity contribution in [2.75, 3.05) is 0 Å². The third kappa shape index (κ3) is 2.55. The van der Waals surface area contributed by atoms with Crippen LogP contribution < -0.4 is 0 Å². The first-order valence-corrected chi connectivity index (χ1v) is 4.54. The van der Waals surface area contributed by atoms with Gasteiger partial charge >= 0.3 is 0 Å². The molecule has 0 aliphatic heterocycles. The zero-order valence-corrected chi connectivity index (χ0v) is 8.08. The van der Waals surface area contributed by atoms with Crippen LogP contribution in [0.15, 0.2) is 36.4 Å². The summed E-state index contributed by atoms with van der Waals surface area (Å²) in [6, 6.07) is 7.75. The maximum atomic E-state index is 11.4. The summed E-state index contributed by atoms with van der Waals surface area (Å²) >= 11 is 0. The van der Waals surface area contributed by atoms with Gasteiger partial charge in [-0.25, -0.2) is 0 Å². The van der Waals surface area contributed by atoms with Crippen LogP contribution in [0.1, 0.15) is 29.8 Å². The van der Waals surface area contributed by atoms with Crippen molar-refractivity contribution in [1.29, 1.82) is 0 Å². The first-order valence-electron chi connectivity index (χ1n) is 4.54. The van der Waals surface area contributed by atoms with Crippen LogP contribution in [0.3, 0.4) is 0 Å². The number of allylic oxidation sites excluding steroid dienone is 2. The lowest BCUT2D eigenvalue weighted by Crippen LogP contribution is -1.93. The van der Waals surface area contributed by atoms with E-state index < -0.39 is 0 Å². The molecule has 0 radical (unpaired) electrons. The van der Waals surface area contributed by atoms with Crippen molar-refractivity contribution in [2.45, 2.75) is 20.3 Å². The van der Waals surface area contributed by atoms with Gasteiger partial charge in [0.25, 0.3) is 0 Å². The zero-order valence-electron chi connectivity index (χ0n) is 8.08. The molecule has 0 amide bonds. The maximum absolute atomic E-state index is 11.4. The SMILES string of the molecule is C/C=C/C(=O)c1ccc(CC)cc1. The molecule has 0 aliphatic carbocycles. The van der Waals surface area contributed by atoms with Gasteiger partial charge in [-0.15, -0.1) is 0 Å². The Morgan fingerprint density at radius 1 is 1.31 bits per heavy atom. The summed E-state index contributed by atoms with van der Waals surface area (Å²) in [5, 5.41) is 0. The number of carbonyl (C=O) groups excluding carboxylic acids is 1. The summed E-state index contributed by atoms with van der Waals surface area (Å²) < 4.78 is 0. The van der Waals surface area contributed by atoms with Crippen molar-refractivity contribution < 1.29 is 4.79 Å². The molecule has 0 unspecified atom stereocenters. The van der Waals surface area contributed by atoms with Crippen molar-refractivity contribution >= 4 is 5.78 Å². The highest BCUT2D eigenvalue weighted by Gasteiger charge is 1.99. The molecule has 0 N–H and O–H groups in total. The van der Waals surface area contributed by atoms with Gasteiger partial charge in [0.05, 0.1) is 0 Å². The number of rotatable bonds is 3. The summed E-state index contributed by atoms with van der Waals surface area (Å²) in [6.45, 7) is 3.95. The second kappa shape index (κ2) is 4.61. The third-order valence-corrected chi connectivity index (χ3v) is 1.96. The highest BCUT2D eigenvalue weighted by Crippen LogP contribution is 2.06. The molecule has 0 aliphatic rings. The quantitative estimate of drug-likeness (QED) is 0.508. The molecule has 0 heterocycles. The van der Waals surface area contributed by atoms with Crippen LogP contribution in [0.25, 0.3) is 0 Å². The highest BCUT2D eigenvalue weighted by molar-refractivity contribution is 6.04. The Balaban J connectivity index is 2.85. The van der Waals surface area contributed by atoms with E-state index in [0.29, 0.717) is 0 Å². The average molecular weight is 174 g/mol. The van der Waals surface area contributed by atoms with Crippen LogP contribution in [0.5, 0.6) is 0 Å². The Hall–Kier alpha value is -1.37. The van der Waals surface area contributed by atoms with Gasteiger partial charge in [-0.1, -0.05) is 37.3 Å². The zero-order chi connectivity index (χ0) is 9.68. The molecule has 1 heteroatoms. The van der Waals surface area contributed by atoms with E-state index in [9.17, 15) is 4.79 Å². The van der Waals surface area contributed by atoms with Crippen LogP contribution in [0, 0.1) is 0 Å². The summed E-state index contributed by atoms with van der Waals surface area (Å²) in [4.78, 5) is 11.4. The minimum absolute atomic E-state index is 0.0742. The van der Waals surface area contributed by atoms with E-state index in [-0.39, 0.29) is 5.78 Å². The lowest BCUT2D eigenvalue weighted by atomic mass is 10.1. The Morgan fingerprint density at radius 2 is 1.92 bits per heavy atom. The molecule has 0 saturated carbocycles. The second-order valence-corrected chi connectivity index (χ2v) is 2.91. The predicted octanol–water partition coefficient (Wildman–Crippen LogP) is 3.01. The van der Waals surface area contributed by atoms with Crippen LogP contribution in [0.4, 0.5) is 0 Å². The van der Waals surface area contributed by atoms with Gasteiger partial charge in [0.2, 0.25) is 0 Å². The molecule has 0 fully saturated rings. The molecule has 0 saturated heterocycles. The Bertz CT molecular complexity index is 306. The van der Waals surface area contributed by atoms with E-state index in [4.69, 9.17) is 0 Å². The predicted molar refractivity (Wildman–Crippen MR) is 55.0 cm³/mol. The van der Waals surface area contributed by atoms with Crippen molar-refractivity contribution in [2.24, 2.45) is 0 Å². The van der Waals surface area contributed by atoms with Gasteiger partial charge in [-0.2, -0.15) is 0 Å². The number of ketones is 1. The molecule has 68 valence electrons. The lowest BCUT2D eigenvalue weighted by Gasteiger charge is -1.97. The van der Waals surface area contributed by atoms with Crippen molar-refractivity contribution in [1.82, 2.24) is 0 Å². The van der Waals surface area contributed by atoms with E-state index in [1.807, 2.05) is 31.2 Å². The van der Waals surface area contributed by atoms with Gasteiger partial charge in [0, 0.05) is 5.56 Å². The Kier molecular flexibility index (Phi) is 3.44. The van der Waals surface area contributed by atoms with Crippen LogP contribution in [-0.4, -0.2) is 5.78 Å². The van der Waals surface area contributed by atoms with Crippen molar-refractivity contribution in [3.8, 4) is 0 Å². The monoisotopic (exact) mass is 174 g/mol. The van der Waals surface area contributed by atoms with E-state index >= 15 is 0 Å². The molecule has 0 spiro atoms. The van der Waals surface area contributed by atoms with Crippen LogP contribution >= 0.6 is 0 Å². The van der Waals surface area contributed by atoms with Gasteiger partial charge in [-0.3, -0.25) is 4.79 Å². The van der Waals surface area contributed by atoms with Crippen molar-refractivity contribution in [3.63, 3.8) is 0 Å². The minimum Gasteiger partial charge on any atom is -0.289 e. The molecule has 0 bridgehead atoms. The van der Waals surface area contributed by atoms with Gasteiger partial charge < -0.3 is 0 Å². The third-order valence-electron chi connectivity index (χ3n) is 1.96. The van der Waals surface area contributed by atoms with Crippen molar-refractivity contribution in [3.05, 3.63) is 47.5 Å². The average Bonchev–Trinajstić information content (AvgIpc) is 2.18. The first kappa shape index (κ1) is 9.72. The first-order chi connectivity index (χ1) is 6.27. The molecular formula is C12H14O. The molecule has 0 atom stereocenters. The normalized spacial score (nSPS) is 10.6. The van der Waals surface area contributed by atoms with Gasteiger partial charge in [-0.05, 0) is 25.0 Å². The van der Waals surface area contributed by atoms with Gasteiger partial charge in [0.1, 0.15) is 0 Å². The molecule has 13 heavy (non-hydrogen) atoms. The number of hydrogen-bond donors (Lipinski definition) is 0. The number of benzene rings is 1. The Labute approximate surface area is 79.1 Å². The molecule has 1 aromatic rings. The minimum atomic E-state index is 0.0742.